The van der Waals surface area contributed by atoms with Gasteiger partial charge in [-0.15, -0.1) is 0 Å². The molecule has 0 saturated heterocycles. The molecule has 0 spiro atoms. The molecule has 1 aliphatic heterocycles. The third-order valence-corrected chi connectivity index (χ3v) is 7.76. The minimum atomic E-state index is -0.922. The summed E-state index contributed by atoms with van der Waals surface area (Å²) in [4.78, 5) is 31.0. The van der Waals surface area contributed by atoms with Crippen molar-refractivity contribution in [1.29, 1.82) is 0 Å². The Balaban J connectivity index is 1.59. The van der Waals surface area contributed by atoms with Crippen LogP contribution in [0.3, 0.4) is 0 Å². The van der Waals surface area contributed by atoms with Crippen LogP contribution >= 0.6 is 0 Å². The van der Waals surface area contributed by atoms with Gasteiger partial charge in [-0.2, -0.15) is 0 Å². The topological polar surface area (TPSA) is 84.7 Å². The quantitative estimate of drug-likeness (QED) is 0.490. The number of benzene rings is 2. The number of esters is 1. The molecule has 1 aromatic heterocycles. The lowest BCUT2D eigenvalue weighted by Gasteiger charge is -2.33. The van der Waals surface area contributed by atoms with Gasteiger partial charge in [0.2, 0.25) is 0 Å². The van der Waals surface area contributed by atoms with Crippen LogP contribution in [0, 0.1) is 5.92 Å². The van der Waals surface area contributed by atoms with Crippen molar-refractivity contribution >= 4 is 28.8 Å². The third kappa shape index (κ3) is 4.40. The third-order valence-electron chi connectivity index (χ3n) is 7.76. The Morgan fingerprint density at radius 1 is 1.09 bits per heavy atom. The van der Waals surface area contributed by atoms with E-state index in [9.17, 15) is 14.7 Å². The fourth-order valence-corrected chi connectivity index (χ4v) is 6.00. The van der Waals surface area contributed by atoms with Crippen molar-refractivity contribution in [3.05, 3.63) is 59.4 Å². The molecule has 1 amide bonds. The van der Waals surface area contributed by atoms with Gasteiger partial charge in [-0.3, -0.25) is 9.69 Å². The van der Waals surface area contributed by atoms with Gasteiger partial charge >= 0.3 is 12.1 Å². The molecule has 5 rings (SSSR count). The van der Waals surface area contributed by atoms with E-state index in [1.54, 1.807) is 0 Å². The number of carbonyl (C=O) groups is 2. The fourth-order valence-electron chi connectivity index (χ4n) is 6.00. The van der Waals surface area contributed by atoms with Crippen LogP contribution in [0.4, 0.5) is 10.5 Å². The van der Waals surface area contributed by atoms with Crippen LogP contribution in [-0.2, 0) is 28.8 Å². The number of rotatable bonds is 5. The summed E-state index contributed by atoms with van der Waals surface area (Å²) in [7, 11) is 1.46. The zero-order valence-electron chi connectivity index (χ0n) is 20.4. The van der Waals surface area contributed by atoms with Crippen molar-refractivity contribution in [2.75, 3.05) is 12.0 Å². The van der Waals surface area contributed by atoms with Crippen LogP contribution in [0.1, 0.15) is 62.0 Å². The standard InChI is InChI=1S/C28H33N3O4/c1-18-11-13-22-23(30(18)28(33)34)14-15-24-26(22)29-25(16-12-19-7-4-3-5-8-19)31(24)21-10-6-9-20(17-21)27(32)35-2/h3-5,7-8,14-15,18,20-21H,6,9-13,16-17H2,1-2H3,(H,33,34)/t18-,20-,21-/m0/s1. The molecular weight excluding hydrogens is 442 g/mol. The number of carboxylic acid groups (broad SMARTS) is 1. The molecule has 7 nitrogen and oxygen atoms in total. The van der Waals surface area contributed by atoms with Gasteiger partial charge in [-0.1, -0.05) is 36.8 Å². The second-order valence-corrected chi connectivity index (χ2v) is 9.90. The Bertz CT molecular complexity index is 1240. The predicted molar refractivity (Wildman–Crippen MR) is 135 cm³/mol. The number of fused-ring (bicyclic) bond motifs is 3. The van der Waals surface area contributed by atoms with E-state index in [0.717, 1.165) is 79.5 Å². The van der Waals surface area contributed by atoms with Gasteiger partial charge in [-0.25, -0.2) is 9.78 Å². The highest BCUT2D eigenvalue weighted by molar-refractivity contribution is 5.94. The molecule has 2 heterocycles. The summed E-state index contributed by atoms with van der Waals surface area (Å²) in [5.74, 6) is 0.779. The molecule has 0 unspecified atom stereocenters. The highest BCUT2D eigenvalue weighted by Crippen LogP contribution is 2.40. The van der Waals surface area contributed by atoms with Gasteiger partial charge in [0.25, 0.3) is 0 Å². The number of nitrogens with zero attached hydrogens (tertiary/aromatic N) is 3. The Morgan fingerprint density at radius 3 is 2.63 bits per heavy atom. The number of amides is 1. The van der Waals surface area contributed by atoms with Gasteiger partial charge in [0.15, 0.2) is 0 Å². The second-order valence-electron chi connectivity index (χ2n) is 9.90. The summed E-state index contributed by atoms with van der Waals surface area (Å²) in [5.41, 5.74) is 4.98. The first-order valence-electron chi connectivity index (χ1n) is 12.6. The Kier molecular flexibility index (Phi) is 6.50. The Morgan fingerprint density at radius 2 is 1.89 bits per heavy atom. The molecule has 3 aromatic rings. The summed E-state index contributed by atoms with van der Waals surface area (Å²) in [6.07, 6.45) is 5.88. The molecule has 1 N–H and O–H groups in total. The van der Waals surface area contributed by atoms with E-state index >= 15 is 0 Å². The number of methoxy groups -OCH3 is 1. The molecule has 184 valence electrons. The predicted octanol–water partition coefficient (Wildman–Crippen LogP) is 5.54. The van der Waals surface area contributed by atoms with Crippen LogP contribution in [0.15, 0.2) is 42.5 Å². The summed E-state index contributed by atoms with van der Waals surface area (Å²) in [6.45, 7) is 1.96. The number of aryl methyl sites for hydroxylation is 3. The molecule has 1 aliphatic carbocycles. The first-order valence-corrected chi connectivity index (χ1v) is 12.6. The van der Waals surface area contributed by atoms with E-state index in [1.807, 2.05) is 25.1 Å². The molecule has 2 aromatic carbocycles. The van der Waals surface area contributed by atoms with Crippen LogP contribution in [0.5, 0.6) is 0 Å². The summed E-state index contributed by atoms with van der Waals surface area (Å²) in [5, 5.41) is 9.86. The van der Waals surface area contributed by atoms with E-state index in [-0.39, 0.29) is 24.0 Å². The van der Waals surface area contributed by atoms with E-state index < -0.39 is 6.09 Å². The number of imidazole rings is 1. The van der Waals surface area contributed by atoms with E-state index in [2.05, 4.69) is 28.8 Å². The molecule has 0 bridgehead atoms. The molecule has 35 heavy (non-hydrogen) atoms. The SMILES string of the molecule is COC(=O)[C@H]1CCC[C@H](n2c(CCc3ccccc3)nc3c4c(ccc32)N(C(=O)O)[C@@H](C)CC4)C1. The maximum Gasteiger partial charge on any atom is 0.412 e. The lowest BCUT2D eigenvalue weighted by atomic mass is 9.85. The van der Waals surface area contributed by atoms with Crippen molar-refractivity contribution in [2.45, 2.75) is 70.4 Å². The van der Waals surface area contributed by atoms with Gasteiger partial charge in [0, 0.05) is 24.1 Å². The number of ether oxygens (including phenoxy) is 1. The monoisotopic (exact) mass is 475 g/mol. The fraction of sp³-hybridized carbons (Fsp3) is 0.464. The zero-order chi connectivity index (χ0) is 24.5. The number of hydrogen-bond donors (Lipinski definition) is 1. The van der Waals surface area contributed by atoms with Crippen molar-refractivity contribution in [3.8, 4) is 0 Å². The maximum atomic E-state index is 12.4. The first-order chi connectivity index (χ1) is 17.0. The average Bonchev–Trinajstić information content (AvgIpc) is 3.26. The van der Waals surface area contributed by atoms with Crippen LogP contribution in [0.25, 0.3) is 11.0 Å². The number of anilines is 1. The van der Waals surface area contributed by atoms with Crippen molar-refractivity contribution in [1.82, 2.24) is 9.55 Å². The second kappa shape index (κ2) is 9.72. The van der Waals surface area contributed by atoms with Crippen LogP contribution in [-0.4, -0.2) is 39.9 Å². The number of hydrogen-bond acceptors (Lipinski definition) is 4. The molecule has 0 radical (unpaired) electrons. The highest BCUT2D eigenvalue weighted by atomic mass is 16.5. The van der Waals surface area contributed by atoms with Gasteiger partial charge < -0.3 is 14.4 Å². The Labute approximate surface area is 205 Å². The lowest BCUT2D eigenvalue weighted by molar-refractivity contribution is -0.147. The molecule has 7 heteroatoms. The van der Waals surface area contributed by atoms with Gasteiger partial charge in [-0.05, 0) is 63.1 Å². The molecule has 3 atom stereocenters. The number of carbonyl (C=O) groups excluding carboxylic acids is 1. The van der Waals surface area contributed by atoms with E-state index in [4.69, 9.17) is 9.72 Å². The summed E-state index contributed by atoms with van der Waals surface area (Å²) >= 11 is 0. The molecule has 1 fully saturated rings. The van der Waals surface area contributed by atoms with E-state index in [0.29, 0.717) is 0 Å². The zero-order valence-corrected chi connectivity index (χ0v) is 20.4. The minimum Gasteiger partial charge on any atom is -0.469 e. The van der Waals surface area contributed by atoms with Crippen LogP contribution < -0.4 is 4.90 Å². The van der Waals surface area contributed by atoms with Crippen molar-refractivity contribution < 1.29 is 19.4 Å². The van der Waals surface area contributed by atoms with Gasteiger partial charge in [0.1, 0.15) is 5.82 Å². The Hall–Kier alpha value is -3.35. The number of aromatic nitrogens is 2. The summed E-state index contributed by atoms with van der Waals surface area (Å²) < 4.78 is 7.42. The van der Waals surface area contributed by atoms with E-state index in [1.165, 1.54) is 17.6 Å². The summed E-state index contributed by atoms with van der Waals surface area (Å²) in [6, 6.07) is 14.5. The molecule has 2 aliphatic rings. The van der Waals surface area contributed by atoms with Gasteiger partial charge in [0.05, 0.1) is 29.7 Å². The van der Waals surface area contributed by atoms with Crippen molar-refractivity contribution in [2.24, 2.45) is 5.92 Å². The van der Waals surface area contributed by atoms with Crippen molar-refractivity contribution in [3.63, 3.8) is 0 Å². The maximum absolute atomic E-state index is 12.4. The van der Waals surface area contributed by atoms with Crippen LogP contribution in [0.2, 0.25) is 0 Å². The minimum absolute atomic E-state index is 0.0590. The molecular formula is C28H33N3O4. The smallest absolute Gasteiger partial charge is 0.412 e. The molecule has 1 saturated carbocycles. The lowest BCUT2D eigenvalue weighted by Crippen LogP contribution is -2.41. The first kappa shape index (κ1) is 23.4. The highest BCUT2D eigenvalue weighted by Gasteiger charge is 2.34. The average molecular weight is 476 g/mol. The largest absolute Gasteiger partial charge is 0.469 e. The normalized spacial score (nSPS) is 22.1.